The average Bonchev–Trinajstić information content (AvgIpc) is 3.20. The van der Waals surface area contributed by atoms with E-state index in [0.29, 0.717) is 54.1 Å². The number of piperidine rings is 1. The fraction of sp³-hybridized carbons (Fsp3) is 1.00. The van der Waals surface area contributed by atoms with Crippen molar-refractivity contribution in [1.82, 2.24) is 14.7 Å². The smallest absolute Gasteiger partial charge is 0.0110 e. The molecule has 2 saturated heterocycles. The van der Waals surface area contributed by atoms with Gasteiger partial charge in [0.2, 0.25) is 0 Å². The van der Waals surface area contributed by atoms with Crippen molar-refractivity contribution in [2.45, 2.75) is 415 Å². The van der Waals surface area contributed by atoms with Gasteiger partial charge in [-0.2, -0.15) is 0 Å². The summed E-state index contributed by atoms with van der Waals surface area (Å²) in [4.78, 5) is 7.57. The van der Waals surface area contributed by atoms with Gasteiger partial charge in [-0.3, -0.25) is 0 Å². The lowest BCUT2D eigenvalue weighted by atomic mass is 9.74. The van der Waals surface area contributed by atoms with Crippen molar-refractivity contribution in [1.29, 1.82) is 0 Å². The first-order valence-corrected chi connectivity index (χ1v) is 39.2. The van der Waals surface area contributed by atoms with Gasteiger partial charge in [-0.25, -0.2) is 0 Å². The number of hydrogen-bond acceptors (Lipinski definition) is 3. The van der Waals surface area contributed by atoms with E-state index in [4.69, 9.17) is 0 Å². The fourth-order valence-corrected chi connectivity index (χ4v) is 15.6. The molecule has 5 saturated carbocycles. The zero-order valence-corrected chi connectivity index (χ0v) is 69.0. The highest BCUT2D eigenvalue weighted by atomic mass is 15.2. The molecule has 0 spiro atoms. The topological polar surface area (TPSA) is 9.72 Å². The predicted octanol–water partition coefficient (Wildman–Crippen LogP) is 28.7. The number of nitrogens with zero attached hydrogens (tertiary/aromatic N) is 3. The molecule has 0 N–H and O–H groups in total. The van der Waals surface area contributed by atoms with Crippen LogP contribution in [0.5, 0.6) is 0 Å². The Bertz CT molecular complexity index is 1510. The molecular formula is C87H183N3. The number of likely N-dealkylation sites (tertiary alicyclic amines) is 1. The molecule has 0 unspecified atom stereocenters. The van der Waals surface area contributed by atoms with Crippen molar-refractivity contribution in [3.05, 3.63) is 0 Å². The third kappa shape index (κ3) is 72.2. The maximum Gasteiger partial charge on any atom is 0.0110 e. The van der Waals surface area contributed by atoms with Gasteiger partial charge >= 0.3 is 0 Å². The average molecular weight is 1270 g/mol. The SMILES string of the molecule is C.CC(C)(C)CC(C)(C)C.CC(C)(C)CC1CC1.CC(C)(C)CC1CCC1.CC(C)(C)CC1CCCC1.CC(C)(C)CC1CCCCC1.CC(C)(C)CC1CCCCC1.CC(C)(C)CN1CCCCC1.CC(C)CC(C)(C)C.CN1CCN(CC(C)(C)C)CC1. The molecule has 3 nitrogen and oxygen atoms in total. The maximum absolute atomic E-state index is 2.60. The Hall–Kier alpha value is -0.120. The van der Waals surface area contributed by atoms with Crippen LogP contribution in [0.15, 0.2) is 0 Å². The van der Waals surface area contributed by atoms with Crippen LogP contribution >= 0.6 is 0 Å². The second-order valence-electron chi connectivity index (χ2n) is 43.7. The van der Waals surface area contributed by atoms with Gasteiger partial charge in [0.15, 0.2) is 0 Å². The van der Waals surface area contributed by atoms with E-state index in [-0.39, 0.29) is 7.43 Å². The van der Waals surface area contributed by atoms with Gasteiger partial charge in [0.25, 0.3) is 0 Å². The number of likely N-dealkylation sites (N-methyl/N-ethyl adjacent to an activating group) is 1. The van der Waals surface area contributed by atoms with Crippen LogP contribution in [0.3, 0.4) is 0 Å². The fourth-order valence-electron chi connectivity index (χ4n) is 15.6. The van der Waals surface area contributed by atoms with Crippen LogP contribution in [0, 0.1) is 89.7 Å². The Balaban J connectivity index is -0.000000948. The summed E-state index contributed by atoms with van der Waals surface area (Å²) in [5.74, 6) is 6.16. The molecule has 0 amide bonds. The molecule has 0 aromatic rings. The van der Waals surface area contributed by atoms with Crippen molar-refractivity contribution in [3.63, 3.8) is 0 Å². The van der Waals surface area contributed by atoms with E-state index < -0.39 is 0 Å². The van der Waals surface area contributed by atoms with Crippen molar-refractivity contribution in [2.24, 2.45) is 89.7 Å². The van der Waals surface area contributed by atoms with Crippen LogP contribution in [0.1, 0.15) is 415 Å². The van der Waals surface area contributed by atoms with Gasteiger partial charge in [0.05, 0.1) is 0 Å². The molecular weight excluding hydrogens is 1090 g/mol. The van der Waals surface area contributed by atoms with Crippen LogP contribution in [0.4, 0.5) is 0 Å². The standard InChI is InChI=1S/2C11H22.C10H22N2.C10H21N.C10H20.C9H18.C9H20.C8H16.C8H18.CH4/c2*1-11(2,3)9-10-7-5-4-6-8-10;1-10(2,3)9-12-7-5-11(4)6-8-12;1-10(2,3)9-11-7-5-4-6-8-11;1-10(2,3)8-9-6-4-5-7-9;1-9(2,3)7-8-5-4-6-8;1-8(2,3)7-9(4,5)6;1-8(2,3)6-7-4-5-7;1-7(2)6-8(3,4)5;/h2*10H,4-9H2,1-3H3;5-9H2,1-4H3;4-9H2,1-3H3;9H,4-8H2,1-3H3;8H,4-7H2,1-3H3;7H2,1-6H3;7H,4-6H2,1-3H3;7H,6H2,1-5H3;1H4. The first-order valence-electron chi connectivity index (χ1n) is 39.2. The van der Waals surface area contributed by atoms with Crippen molar-refractivity contribution < 1.29 is 0 Å². The summed E-state index contributed by atoms with van der Waals surface area (Å²) in [7, 11) is 2.20. The molecule has 3 heteroatoms. The summed E-state index contributed by atoms with van der Waals surface area (Å²) in [6.07, 6.45) is 42.4. The number of hydrogen-bond donors (Lipinski definition) is 0. The second-order valence-corrected chi connectivity index (χ2v) is 43.7. The Labute approximate surface area is 575 Å². The monoisotopic (exact) mass is 1270 g/mol. The Morgan fingerprint density at radius 1 is 0.256 bits per heavy atom. The summed E-state index contributed by atoms with van der Waals surface area (Å²) in [5, 5.41) is 0. The Kier molecular flexibility index (Phi) is 46.7. The number of piperazine rings is 1. The Morgan fingerprint density at radius 2 is 0.489 bits per heavy atom. The highest BCUT2D eigenvalue weighted by molar-refractivity contribution is 4.81. The molecule has 5 aliphatic carbocycles. The van der Waals surface area contributed by atoms with E-state index in [1.807, 2.05) is 0 Å². The third-order valence-corrected chi connectivity index (χ3v) is 17.9. The van der Waals surface area contributed by atoms with Gasteiger partial charge in [0.1, 0.15) is 0 Å². The third-order valence-electron chi connectivity index (χ3n) is 17.9. The zero-order valence-electron chi connectivity index (χ0n) is 69.0. The van der Waals surface area contributed by atoms with Gasteiger partial charge in [-0.05, 0) is 168 Å². The molecule has 0 aromatic carbocycles. The van der Waals surface area contributed by atoms with Crippen molar-refractivity contribution >= 4 is 0 Å². The van der Waals surface area contributed by atoms with Gasteiger partial charge < -0.3 is 14.7 Å². The Morgan fingerprint density at radius 3 is 0.656 bits per heavy atom. The molecule has 0 aromatic heterocycles. The normalized spacial score (nSPS) is 20.2. The van der Waals surface area contributed by atoms with Crippen LogP contribution in [-0.2, 0) is 0 Å². The van der Waals surface area contributed by atoms with E-state index in [2.05, 4.69) is 243 Å². The molecule has 2 aliphatic heterocycles. The maximum atomic E-state index is 2.60. The minimum Gasteiger partial charge on any atom is -0.304 e. The highest BCUT2D eigenvalue weighted by Crippen LogP contribution is 2.41. The molecule has 546 valence electrons. The molecule has 0 bridgehead atoms. The van der Waals surface area contributed by atoms with Crippen LogP contribution < -0.4 is 0 Å². The quantitative estimate of drug-likeness (QED) is 0.240. The molecule has 0 atom stereocenters. The van der Waals surface area contributed by atoms with Crippen LogP contribution in [0.25, 0.3) is 0 Å². The van der Waals surface area contributed by atoms with E-state index in [1.54, 1.807) is 0 Å². The first kappa shape index (κ1) is 94.1. The number of rotatable bonds is 8. The lowest BCUT2D eigenvalue weighted by Crippen LogP contribution is -2.47. The second kappa shape index (κ2) is 44.7. The summed E-state index contributed by atoms with van der Waals surface area (Å²) >= 11 is 0. The molecule has 7 aliphatic rings. The van der Waals surface area contributed by atoms with E-state index in [1.165, 1.54) is 239 Å². The summed E-state index contributed by atoms with van der Waals surface area (Å²) in [6, 6.07) is 0. The molecule has 7 fully saturated rings. The van der Waals surface area contributed by atoms with Gasteiger partial charge in [0, 0.05) is 39.3 Å². The van der Waals surface area contributed by atoms with Gasteiger partial charge in [-0.15, -0.1) is 0 Å². The van der Waals surface area contributed by atoms with Crippen LogP contribution in [-0.4, -0.2) is 74.1 Å². The van der Waals surface area contributed by atoms with E-state index >= 15 is 0 Å². The minimum atomic E-state index is 0. The summed E-state index contributed by atoms with van der Waals surface area (Å²) < 4.78 is 0. The minimum absolute atomic E-state index is 0. The zero-order chi connectivity index (χ0) is 69.4. The predicted molar refractivity (Wildman–Crippen MR) is 418 cm³/mol. The van der Waals surface area contributed by atoms with Crippen molar-refractivity contribution in [2.75, 3.05) is 59.4 Å². The van der Waals surface area contributed by atoms with Crippen LogP contribution in [0.2, 0.25) is 0 Å². The van der Waals surface area contributed by atoms with Crippen molar-refractivity contribution in [3.8, 4) is 0 Å². The van der Waals surface area contributed by atoms with E-state index in [0.717, 1.165) is 35.5 Å². The van der Waals surface area contributed by atoms with E-state index in [9.17, 15) is 0 Å². The lowest BCUT2D eigenvalue weighted by molar-refractivity contribution is 0.117. The largest absolute Gasteiger partial charge is 0.304 e. The summed E-state index contributed by atoms with van der Waals surface area (Å²) in [5.41, 5.74) is 5.27. The lowest BCUT2D eigenvalue weighted by Gasteiger charge is -2.36. The van der Waals surface area contributed by atoms with Gasteiger partial charge in [-0.1, -0.05) is 357 Å². The molecule has 90 heavy (non-hydrogen) atoms. The first-order chi connectivity index (χ1) is 40.1. The molecule has 7 rings (SSSR count). The molecule has 0 radical (unpaired) electrons. The molecule has 2 heterocycles. The summed E-state index contributed by atoms with van der Waals surface area (Å²) in [6.45, 7) is 84.4. The highest BCUT2D eigenvalue weighted by Gasteiger charge is 2.28.